The van der Waals surface area contributed by atoms with Crippen molar-refractivity contribution in [1.82, 2.24) is 9.97 Å². The number of nitrogens with zero attached hydrogens (tertiary/aromatic N) is 2. The lowest BCUT2D eigenvalue weighted by Crippen LogP contribution is -2.07. The van der Waals surface area contributed by atoms with Crippen LogP contribution in [-0.4, -0.2) is 23.6 Å². The van der Waals surface area contributed by atoms with Crippen LogP contribution in [0, 0.1) is 0 Å². The summed E-state index contributed by atoms with van der Waals surface area (Å²) in [5.74, 6) is 3.02. The van der Waals surface area contributed by atoms with Crippen molar-refractivity contribution in [1.29, 1.82) is 0 Å². The number of methoxy groups -OCH3 is 1. The smallest absolute Gasteiger partial charge is 0.163 e. The standard InChI is InChI=1S/C21H22N4O/c1-3-13-22-19-14-20(23-15-17-11-7-8-12-18(17)26-2)25-21(24-19)16-9-5-4-6-10-16/h3-12,14H,1,13,15H2,2H3,(H2,22,23,24,25). The Labute approximate surface area is 153 Å². The molecule has 0 aliphatic rings. The third kappa shape index (κ3) is 4.39. The van der Waals surface area contributed by atoms with Crippen molar-refractivity contribution in [2.75, 3.05) is 24.3 Å². The van der Waals surface area contributed by atoms with Crippen molar-refractivity contribution >= 4 is 11.6 Å². The van der Waals surface area contributed by atoms with E-state index in [1.807, 2.05) is 60.7 Å². The maximum absolute atomic E-state index is 5.41. The molecule has 0 saturated heterocycles. The molecular weight excluding hydrogens is 324 g/mol. The van der Waals surface area contributed by atoms with E-state index in [2.05, 4.69) is 27.2 Å². The summed E-state index contributed by atoms with van der Waals surface area (Å²) in [6, 6.07) is 19.7. The fourth-order valence-corrected chi connectivity index (χ4v) is 2.56. The molecule has 0 radical (unpaired) electrons. The van der Waals surface area contributed by atoms with Gasteiger partial charge >= 0.3 is 0 Å². The van der Waals surface area contributed by atoms with Gasteiger partial charge < -0.3 is 15.4 Å². The minimum absolute atomic E-state index is 0.607. The lowest BCUT2D eigenvalue weighted by molar-refractivity contribution is 0.410. The quantitative estimate of drug-likeness (QED) is 0.593. The Hall–Kier alpha value is -3.34. The minimum Gasteiger partial charge on any atom is -0.496 e. The van der Waals surface area contributed by atoms with E-state index in [0.717, 1.165) is 28.5 Å². The Morgan fingerprint density at radius 2 is 1.65 bits per heavy atom. The molecule has 132 valence electrons. The van der Waals surface area contributed by atoms with Crippen LogP contribution in [-0.2, 0) is 6.54 Å². The van der Waals surface area contributed by atoms with Gasteiger partial charge in [0.2, 0.25) is 0 Å². The van der Waals surface area contributed by atoms with E-state index in [1.54, 1.807) is 13.2 Å². The number of anilines is 2. The molecule has 1 heterocycles. The van der Waals surface area contributed by atoms with Gasteiger partial charge in [0, 0.05) is 30.3 Å². The van der Waals surface area contributed by atoms with Gasteiger partial charge in [-0.15, -0.1) is 6.58 Å². The zero-order valence-electron chi connectivity index (χ0n) is 14.8. The Bertz CT molecular complexity index is 865. The molecular formula is C21H22N4O. The van der Waals surface area contributed by atoms with Crippen molar-refractivity contribution in [2.24, 2.45) is 0 Å². The molecule has 0 atom stereocenters. The molecule has 5 nitrogen and oxygen atoms in total. The summed E-state index contributed by atoms with van der Waals surface area (Å²) in [4.78, 5) is 9.25. The third-order valence-electron chi connectivity index (χ3n) is 3.84. The summed E-state index contributed by atoms with van der Waals surface area (Å²) in [6.45, 7) is 4.98. The maximum atomic E-state index is 5.41. The number of nitrogens with one attached hydrogen (secondary N) is 2. The second kappa shape index (κ2) is 8.67. The van der Waals surface area contributed by atoms with Crippen LogP contribution in [0.3, 0.4) is 0 Å². The number of hydrogen-bond donors (Lipinski definition) is 2. The van der Waals surface area contributed by atoms with Gasteiger partial charge in [0.1, 0.15) is 17.4 Å². The molecule has 26 heavy (non-hydrogen) atoms. The topological polar surface area (TPSA) is 59.1 Å². The van der Waals surface area contributed by atoms with E-state index in [9.17, 15) is 0 Å². The van der Waals surface area contributed by atoms with Crippen LogP contribution >= 0.6 is 0 Å². The Morgan fingerprint density at radius 3 is 2.38 bits per heavy atom. The van der Waals surface area contributed by atoms with Crippen LogP contribution in [0.15, 0.2) is 73.3 Å². The van der Waals surface area contributed by atoms with E-state index >= 15 is 0 Å². The molecule has 5 heteroatoms. The van der Waals surface area contributed by atoms with E-state index < -0.39 is 0 Å². The first kappa shape index (κ1) is 17.5. The van der Waals surface area contributed by atoms with E-state index in [4.69, 9.17) is 4.74 Å². The first-order valence-corrected chi connectivity index (χ1v) is 8.45. The number of ether oxygens (including phenoxy) is 1. The summed E-state index contributed by atoms with van der Waals surface area (Å²) in [6.07, 6.45) is 1.80. The fraction of sp³-hybridized carbons (Fsp3) is 0.143. The minimum atomic E-state index is 0.607. The highest BCUT2D eigenvalue weighted by atomic mass is 16.5. The highest BCUT2D eigenvalue weighted by Gasteiger charge is 2.08. The first-order valence-electron chi connectivity index (χ1n) is 8.45. The lowest BCUT2D eigenvalue weighted by atomic mass is 10.2. The number of hydrogen-bond acceptors (Lipinski definition) is 5. The number of para-hydroxylation sites is 1. The van der Waals surface area contributed by atoms with Gasteiger partial charge in [0.25, 0.3) is 0 Å². The van der Waals surface area contributed by atoms with Crippen LogP contribution in [0.4, 0.5) is 11.6 Å². The molecule has 3 rings (SSSR count). The number of benzene rings is 2. The predicted molar refractivity (Wildman–Crippen MR) is 106 cm³/mol. The zero-order chi connectivity index (χ0) is 18.2. The molecule has 0 saturated carbocycles. The van der Waals surface area contributed by atoms with Gasteiger partial charge in [-0.25, -0.2) is 9.97 Å². The van der Waals surface area contributed by atoms with Crippen molar-refractivity contribution in [3.8, 4) is 17.1 Å². The Balaban J connectivity index is 1.86. The summed E-state index contributed by atoms with van der Waals surface area (Å²) < 4.78 is 5.41. The molecule has 0 bridgehead atoms. The SMILES string of the molecule is C=CCNc1cc(NCc2ccccc2OC)nc(-c2ccccc2)n1. The molecule has 0 spiro atoms. The van der Waals surface area contributed by atoms with Gasteiger partial charge in [-0.3, -0.25) is 0 Å². The lowest BCUT2D eigenvalue weighted by Gasteiger charge is -2.12. The Morgan fingerprint density at radius 1 is 0.962 bits per heavy atom. The van der Waals surface area contributed by atoms with Crippen LogP contribution < -0.4 is 15.4 Å². The summed E-state index contributed by atoms with van der Waals surface area (Å²) in [7, 11) is 1.67. The van der Waals surface area contributed by atoms with Crippen LogP contribution in [0.1, 0.15) is 5.56 Å². The van der Waals surface area contributed by atoms with Crippen molar-refractivity contribution in [3.63, 3.8) is 0 Å². The van der Waals surface area contributed by atoms with E-state index in [1.165, 1.54) is 0 Å². The average molecular weight is 346 g/mol. The van der Waals surface area contributed by atoms with E-state index in [-0.39, 0.29) is 0 Å². The van der Waals surface area contributed by atoms with E-state index in [0.29, 0.717) is 18.9 Å². The van der Waals surface area contributed by atoms with Crippen molar-refractivity contribution in [3.05, 3.63) is 78.9 Å². The molecule has 2 N–H and O–H groups in total. The van der Waals surface area contributed by atoms with Crippen LogP contribution in [0.5, 0.6) is 5.75 Å². The fourth-order valence-electron chi connectivity index (χ4n) is 2.56. The molecule has 0 amide bonds. The zero-order valence-corrected chi connectivity index (χ0v) is 14.8. The first-order chi connectivity index (χ1) is 12.8. The van der Waals surface area contributed by atoms with Crippen molar-refractivity contribution < 1.29 is 4.74 Å². The summed E-state index contributed by atoms with van der Waals surface area (Å²) >= 11 is 0. The number of rotatable bonds is 8. The molecule has 0 aliphatic carbocycles. The predicted octanol–water partition coefficient (Wildman–Crippen LogP) is 4.36. The second-order valence-electron chi connectivity index (χ2n) is 5.66. The molecule has 0 aliphatic heterocycles. The van der Waals surface area contributed by atoms with Gasteiger partial charge in [0.15, 0.2) is 5.82 Å². The molecule has 1 aromatic heterocycles. The molecule has 0 unspecified atom stereocenters. The maximum Gasteiger partial charge on any atom is 0.163 e. The molecule has 2 aromatic carbocycles. The van der Waals surface area contributed by atoms with Gasteiger partial charge in [-0.2, -0.15) is 0 Å². The summed E-state index contributed by atoms with van der Waals surface area (Å²) in [5, 5.41) is 6.60. The second-order valence-corrected chi connectivity index (χ2v) is 5.66. The normalized spacial score (nSPS) is 10.2. The average Bonchev–Trinajstić information content (AvgIpc) is 2.71. The summed E-state index contributed by atoms with van der Waals surface area (Å²) in [5.41, 5.74) is 2.03. The monoisotopic (exact) mass is 346 g/mol. The van der Waals surface area contributed by atoms with Crippen LogP contribution in [0.25, 0.3) is 11.4 Å². The van der Waals surface area contributed by atoms with Crippen molar-refractivity contribution in [2.45, 2.75) is 6.54 Å². The third-order valence-corrected chi connectivity index (χ3v) is 3.84. The highest BCUT2D eigenvalue weighted by molar-refractivity contribution is 5.61. The highest BCUT2D eigenvalue weighted by Crippen LogP contribution is 2.22. The van der Waals surface area contributed by atoms with Gasteiger partial charge in [0.05, 0.1) is 7.11 Å². The Kier molecular flexibility index (Phi) is 5.83. The molecule has 3 aromatic rings. The number of aromatic nitrogens is 2. The van der Waals surface area contributed by atoms with Gasteiger partial charge in [-0.05, 0) is 6.07 Å². The van der Waals surface area contributed by atoms with Crippen LogP contribution in [0.2, 0.25) is 0 Å². The van der Waals surface area contributed by atoms with Gasteiger partial charge in [-0.1, -0.05) is 54.6 Å². The largest absolute Gasteiger partial charge is 0.496 e. The molecule has 0 fully saturated rings.